The fourth-order valence-electron chi connectivity index (χ4n) is 2.00. The second-order valence-electron chi connectivity index (χ2n) is 6.17. The summed E-state index contributed by atoms with van der Waals surface area (Å²) in [4.78, 5) is 10.5. The number of aromatic hydroxyl groups is 2. The van der Waals surface area contributed by atoms with Crippen molar-refractivity contribution in [1.82, 2.24) is 0 Å². The molecule has 0 atom stereocenters. The number of hydrogen-bond acceptors (Lipinski definition) is 6. The van der Waals surface area contributed by atoms with Crippen LogP contribution in [0.4, 0.5) is 0 Å². The molecule has 0 saturated carbocycles. The van der Waals surface area contributed by atoms with E-state index in [1.807, 2.05) is 48.6 Å². The van der Waals surface area contributed by atoms with E-state index in [4.69, 9.17) is 20.1 Å². The third-order valence-corrected chi connectivity index (χ3v) is 3.51. The van der Waals surface area contributed by atoms with E-state index in [-0.39, 0.29) is 24.7 Å². The van der Waals surface area contributed by atoms with Crippen LogP contribution in [0, 0.1) is 0 Å². The summed E-state index contributed by atoms with van der Waals surface area (Å²) in [6.45, 7) is 5.87. The maximum absolute atomic E-state index is 10.5. The zero-order chi connectivity index (χ0) is 22.2. The summed E-state index contributed by atoms with van der Waals surface area (Å²) < 4.78 is 9.92. The van der Waals surface area contributed by atoms with Gasteiger partial charge in [-0.2, -0.15) is 0 Å². The molecule has 0 radical (unpaired) electrons. The molecule has 0 aliphatic heterocycles. The van der Waals surface area contributed by atoms with Crippen molar-refractivity contribution in [3.63, 3.8) is 0 Å². The van der Waals surface area contributed by atoms with Crippen molar-refractivity contribution in [3.05, 3.63) is 84.0 Å². The Labute approximate surface area is 177 Å². The molecule has 6 heteroatoms. The second kappa shape index (κ2) is 14.6. The lowest BCUT2D eigenvalue weighted by molar-refractivity contribution is -0.139. The van der Waals surface area contributed by atoms with E-state index in [0.29, 0.717) is 18.8 Å². The summed E-state index contributed by atoms with van der Waals surface area (Å²) in [6, 6.07) is 14.0. The lowest BCUT2D eigenvalue weighted by Gasteiger charge is -1.99. The predicted octanol–water partition coefficient (Wildman–Crippen LogP) is 3.94. The standard InChI is InChI=1S/C18H18O3.C6H10O3/c19-17-9-5-15(6-10-17)3-1-13-21-14-2-4-16-7-11-18(20)12-8-16;1-5(2)6(8)9-4-3-7/h1-12,19-20H,13-14H2;7H,1,3-4H2,2H3. The zero-order valence-electron chi connectivity index (χ0n) is 17.0. The number of rotatable bonds is 9. The second-order valence-corrected chi connectivity index (χ2v) is 6.17. The highest BCUT2D eigenvalue weighted by atomic mass is 16.5. The molecule has 2 aromatic rings. The number of esters is 1. The highest BCUT2D eigenvalue weighted by molar-refractivity contribution is 5.86. The molecule has 0 aliphatic carbocycles. The molecule has 0 spiro atoms. The van der Waals surface area contributed by atoms with E-state index >= 15 is 0 Å². The summed E-state index contributed by atoms with van der Waals surface area (Å²) in [7, 11) is 0. The van der Waals surface area contributed by atoms with Gasteiger partial charge in [-0.1, -0.05) is 55.1 Å². The number of phenols is 2. The van der Waals surface area contributed by atoms with Crippen LogP contribution in [-0.4, -0.2) is 47.7 Å². The van der Waals surface area contributed by atoms with Crippen LogP contribution in [0.3, 0.4) is 0 Å². The number of carbonyl (C=O) groups excluding carboxylic acids is 1. The van der Waals surface area contributed by atoms with Crippen molar-refractivity contribution < 1.29 is 29.6 Å². The van der Waals surface area contributed by atoms with E-state index in [1.165, 1.54) is 0 Å². The summed E-state index contributed by atoms with van der Waals surface area (Å²) in [5.41, 5.74) is 2.40. The van der Waals surface area contributed by atoms with Gasteiger partial charge in [0.2, 0.25) is 0 Å². The third kappa shape index (κ3) is 11.5. The molecule has 3 N–H and O–H groups in total. The smallest absolute Gasteiger partial charge is 0.333 e. The minimum absolute atomic E-state index is 0.0473. The Morgan fingerprint density at radius 2 is 1.33 bits per heavy atom. The molecule has 2 aromatic carbocycles. The quantitative estimate of drug-likeness (QED) is 0.328. The Balaban J connectivity index is 0.000000424. The topological polar surface area (TPSA) is 96.2 Å². The number of hydrogen-bond donors (Lipinski definition) is 3. The van der Waals surface area contributed by atoms with Gasteiger partial charge in [0.25, 0.3) is 0 Å². The minimum Gasteiger partial charge on any atom is -0.508 e. The Hall–Kier alpha value is -3.35. The molecule has 160 valence electrons. The predicted molar refractivity (Wildman–Crippen MR) is 118 cm³/mol. The minimum atomic E-state index is -0.455. The molecular weight excluding hydrogens is 384 g/mol. The van der Waals surface area contributed by atoms with Crippen molar-refractivity contribution >= 4 is 18.1 Å². The molecule has 0 heterocycles. The first-order chi connectivity index (χ1) is 14.4. The van der Waals surface area contributed by atoms with Gasteiger partial charge in [-0.3, -0.25) is 0 Å². The van der Waals surface area contributed by atoms with E-state index < -0.39 is 5.97 Å². The van der Waals surface area contributed by atoms with E-state index in [9.17, 15) is 4.79 Å². The molecular formula is C24H28O6. The van der Waals surface area contributed by atoms with Gasteiger partial charge in [0.1, 0.15) is 18.1 Å². The zero-order valence-corrected chi connectivity index (χ0v) is 17.0. The summed E-state index contributed by atoms with van der Waals surface area (Å²) >= 11 is 0. The first-order valence-corrected chi connectivity index (χ1v) is 9.34. The molecule has 6 nitrogen and oxygen atoms in total. The Morgan fingerprint density at radius 3 is 1.70 bits per heavy atom. The van der Waals surface area contributed by atoms with Gasteiger partial charge in [-0.15, -0.1) is 0 Å². The average Bonchev–Trinajstić information content (AvgIpc) is 2.74. The van der Waals surface area contributed by atoms with Gasteiger partial charge in [-0.05, 0) is 42.3 Å². The Kier molecular flexibility index (Phi) is 12.0. The third-order valence-electron chi connectivity index (χ3n) is 3.51. The van der Waals surface area contributed by atoms with Crippen molar-refractivity contribution in [1.29, 1.82) is 0 Å². The number of ether oxygens (including phenoxy) is 2. The van der Waals surface area contributed by atoms with E-state index in [1.54, 1.807) is 31.2 Å². The van der Waals surface area contributed by atoms with Gasteiger partial charge in [0.15, 0.2) is 0 Å². The van der Waals surface area contributed by atoms with Gasteiger partial charge >= 0.3 is 5.97 Å². The molecule has 0 saturated heterocycles. The summed E-state index contributed by atoms with van der Waals surface area (Å²) in [5.74, 6) is 0.0783. The van der Waals surface area contributed by atoms with Crippen LogP contribution < -0.4 is 0 Å². The molecule has 0 amide bonds. The SMILES string of the molecule is C=C(C)C(=O)OCCO.Oc1ccc(C=CCOCC=Cc2ccc(O)cc2)cc1. The van der Waals surface area contributed by atoms with Crippen LogP contribution in [0.15, 0.2) is 72.8 Å². The van der Waals surface area contributed by atoms with Gasteiger partial charge in [-0.25, -0.2) is 4.79 Å². The number of aliphatic hydroxyl groups excluding tert-OH is 1. The highest BCUT2D eigenvalue weighted by Gasteiger charge is 1.99. The van der Waals surface area contributed by atoms with Gasteiger partial charge in [0.05, 0.1) is 19.8 Å². The first kappa shape index (κ1) is 24.7. The van der Waals surface area contributed by atoms with Crippen molar-refractivity contribution in [3.8, 4) is 11.5 Å². The monoisotopic (exact) mass is 412 g/mol. The molecule has 0 fully saturated rings. The van der Waals surface area contributed by atoms with E-state index in [2.05, 4.69) is 11.3 Å². The fourth-order valence-corrected chi connectivity index (χ4v) is 2.00. The maximum Gasteiger partial charge on any atom is 0.333 e. The average molecular weight is 412 g/mol. The number of benzene rings is 2. The number of phenolic OH excluding ortho intramolecular Hbond substituents is 2. The van der Waals surface area contributed by atoms with Crippen LogP contribution in [-0.2, 0) is 14.3 Å². The number of carbonyl (C=O) groups is 1. The number of aliphatic hydroxyl groups is 1. The van der Waals surface area contributed by atoms with Crippen LogP contribution >= 0.6 is 0 Å². The lowest BCUT2D eigenvalue weighted by atomic mass is 10.2. The molecule has 2 rings (SSSR count). The van der Waals surface area contributed by atoms with Gasteiger partial charge in [0, 0.05) is 5.57 Å². The summed E-state index contributed by atoms with van der Waals surface area (Å²) in [5, 5.41) is 26.5. The van der Waals surface area contributed by atoms with Crippen LogP contribution in [0.5, 0.6) is 11.5 Å². The fraction of sp³-hybridized carbons (Fsp3) is 0.208. The normalized spacial score (nSPS) is 10.6. The largest absolute Gasteiger partial charge is 0.508 e. The van der Waals surface area contributed by atoms with E-state index in [0.717, 1.165) is 11.1 Å². The van der Waals surface area contributed by atoms with Gasteiger partial charge < -0.3 is 24.8 Å². The molecule has 0 bridgehead atoms. The first-order valence-electron chi connectivity index (χ1n) is 9.34. The Morgan fingerprint density at radius 1 is 0.900 bits per heavy atom. The molecule has 0 unspecified atom stereocenters. The maximum atomic E-state index is 10.5. The molecule has 0 aromatic heterocycles. The highest BCUT2D eigenvalue weighted by Crippen LogP contribution is 2.11. The lowest BCUT2D eigenvalue weighted by Crippen LogP contribution is -2.08. The summed E-state index contributed by atoms with van der Waals surface area (Å²) in [6.07, 6.45) is 7.76. The van der Waals surface area contributed by atoms with Crippen molar-refractivity contribution in [2.24, 2.45) is 0 Å². The van der Waals surface area contributed by atoms with Crippen molar-refractivity contribution in [2.75, 3.05) is 26.4 Å². The van der Waals surface area contributed by atoms with Crippen molar-refractivity contribution in [2.45, 2.75) is 6.92 Å². The Bertz CT molecular complexity index is 764. The molecule has 0 aliphatic rings. The van der Waals surface area contributed by atoms with Crippen LogP contribution in [0.2, 0.25) is 0 Å². The van der Waals surface area contributed by atoms with Crippen LogP contribution in [0.1, 0.15) is 18.1 Å². The van der Waals surface area contributed by atoms with Crippen LogP contribution in [0.25, 0.3) is 12.2 Å². The molecule has 30 heavy (non-hydrogen) atoms.